The molecule has 1 amide bonds. The molecule has 0 aromatic rings. The molecule has 158 valence electrons. The van der Waals surface area contributed by atoms with Crippen LogP contribution in [0.5, 0.6) is 0 Å². The first-order valence-electron chi connectivity index (χ1n) is 9.69. The lowest BCUT2D eigenvalue weighted by atomic mass is 9.91. The molecule has 2 aliphatic heterocycles. The minimum absolute atomic E-state index is 0.143. The first-order valence-corrected chi connectivity index (χ1v) is 11.0. The lowest BCUT2D eigenvalue weighted by Crippen LogP contribution is -2.66. The molecule has 8 nitrogen and oxygen atoms in total. The molecular formula is C18H35N3O5S. The third kappa shape index (κ3) is 5.14. The van der Waals surface area contributed by atoms with Gasteiger partial charge in [-0.15, -0.1) is 11.8 Å². The van der Waals surface area contributed by atoms with E-state index in [1.807, 2.05) is 7.05 Å². The molecule has 2 fully saturated rings. The quantitative estimate of drug-likeness (QED) is 0.369. The van der Waals surface area contributed by atoms with Crippen molar-refractivity contribution in [2.45, 2.75) is 81.1 Å². The second-order valence-electron chi connectivity index (χ2n) is 7.92. The van der Waals surface area contributed by atoms with Crippen LogP contribution in [-0.4, -0.2) is 94.0 Å². The molecule has 0 bridgehead atoms. The minimum Gasteiger partial charge on any atom is -0.388 e. The predicted octanol–water partition coefficient (Wildman–Crippen LogP) is -0.891. The van der Waals surface area contributed by atoms with Crippen LogP contribution in [0.25, 0.3) is 0 Å². The van der Waals surface area contributed by atoms with E-state index in [0.717, 1.165) is 25.8 Å². The minimum atomic E-state index is -1.36. The summed E-state index contributed by atoms with van der Waals surface area (Å²) in [7, 11) is 1.94. The highest BCUT2D eigenvalue weighted by Gasteiger charge is 2.48. The Hall–Kier alpha value is -0.420. The fraction of sp³-hybridized carbons (Fsp3) is 0.944. The first-order chi connectivity index (χ1) is 12.7. The zero-order chi connectivity index (χ0) is 20.3. The van der Waals surface area contributed by atoms with Crippen LogP contribution in [0.1, 0.15) is 33.1 Å². The molecule has 2 saturated heterocycles. The van der Waals surface area contributed by atoms with Crippen LogP contribution in [0, 0.1) is 5.92 Å². The van der Waals surface area contributed by atoms with Gasteiger partial charge in [-0.2, -0.15) is 0 Å². The molecule has 6 N–H and O–H groups in total. The summed E-state index contributed by atoms with van der Waals surface area (Å²) in [5, 5.41) is 33.6. The number of nitrogens with zero attached hydrogens (tertiary/aromatic N) is 1. The Labute approximate surface area is 165 Å². The van der Waals surface area contributed by atoms with Gasteiger partial charge < -0.3 is 31.1 Å². The van der Waals surface area contributed by atoms with Gasteiger partial charge in [0.2, 0.25) is 5.91 Å². The van der Waals surface area contributed by atoms with E-state index in [2.05, 4.69) is 17.1 Å². The van der Waals surface area contributed by atoms with Crippen LogP contribution in [0.2, 0.25) is 0 Å². The van der Waals surface area contributed by atoms with Crippen molar-refractivity contribution >= 4 is 17.7 Å². The van der Waals surface area contributed by atoms with Crippen LogP contribution in [0.15, 0.2) is 0 Å². The zero-order valence-corrected chi connectivity index (χ0v) is 17.4. The lowest BCUT2D eigenvalue weighted by molar-refractivity contribution is -0.206. The standard InChI is InChI=1S/C18H35N3O5S/c1-5-6-10-7-11(21(3)8-10)17(25)20-12(9(2)19)16-14(23)13(22)15(24)18(26-16)27-4/h9-16,18,22-24H,5-8,19H2,1-4H3,(H,20,25)/t9-,10-,11+,12-,13+,14-,15-,16-,18-/m1/s1. The molecule has 2 rings (SSSR count). The highest BCUT2D eigenvalue weighted by molar-refractivity contribution is 7.99. The average molecular weight is 406 g/mol. The van der Waals surface area contributed by atoms with E-state index >= 15 is 0 Å². The summed E-state index contributed by atoms with van der Waals surface area (Å²) in [5.41, 5.74) is 5.38. The fourth-order valence-corrected chi connectivity index (χ4v) is 4.85. The summed E-state index contributed by atoms with van der Waals surface area (Å²) in [6, 6.07) is -1.42. The monoisotopic (exact) mass is 405 g/mol. The second kappa shape index (κ2) is 9.87. The Morgan fingerprint density at radius 2 is 2.00 bits per heavy atom. The Morgan fingerprint density at radius 3 is 2.56 bits per heavy atom. The maximum atomic E-state index is 12.9. The first kappa shape index (κ1) is 22.9. The van der Waals surface area contributed by atoms with Gasteiger partial charge in [0.15, 0.2) is 0 Å². The number of rotatable bonds is 7. The number of likely N-dealkylation sites (tertiary alicyclic amines) is 1. The van der Waals surface area contributed by atoms with E-state index in [0.29, 0.717) is 5.92 Å². The van der Waals surface area contributed by atoms with Crippen molar-refractivity contribution in [3.8, 4) is 0 Å². The fourth-order valence-electron chi connectivity index (χ4n) is 4.17. The van der Waals surface area contributed by atoms with E-state index < -0.39 is 41.9 Å². The van der Waals surface area contributed by atoms with Crippen molar-refractivity contribution < 1.29 is 24.9 Å². The van der Waals surface area contributed by atoms with Gasteiger partial charge in [0.05, 0.1) is 12.1 Å². The Kier molecular flexibility index (Phi) is 8.35. The van der Waals surface area contributed by atoms with Crippen molar-refractivity contribution in [2.75, 3.05) is 19.8 Å². The average Bonchev–Trinajstić information content (AvgIpc) is 2.99. The second-order valence-corrected chi connectivity index (χ2v) is 8.85. The lowest BCUT2D eigenvalue weighted by Gasteiger charge is -2.44. The van der Waals surface area contributed by atoms with Crippen LogP contribution >= 0.6 is 11.8 Å². The number of nitrogens with two attached hydrogens (primary N) is 1. The number of amides is 1. The molecule has 0 spiro atoms. The number of hydrogen-bond acceptors (Lipinski definition) is 8. The van der Waals surface area contributed by atoms with E-state index in [-0.39, 0.29) is 11.9 Å². The van der Waals surface area contributed by atoms with Crippen molar-refractivity contribution in [1.29, 1.82) is 0 Å². The topological polar surface area (TPSA) is 128 Å². The predicted molar refractivity (Wildman–Crippen MR) is 105 cm³/mol. The summed E-state index contributed by atoms with van der Waals surface area (Å²) in [6.45, 7) is 4.75. The highest BCUT2D eigenvalue weighted by atomic mass is 32.2. The van der Waals surface area contributed by atoms with Gasteiger partial charge in [0.1, 0.15) is 29.9 Å². The van der Waals surface area contributed by atoms with Gasteiger partial charge >= 0.3 is 0 Å². The number of hydrogen-bond donors (Lipinski definition) is 5. The molecule has 2 heterocycles. The van der Waals surface area contributed by atoms with E-state index in [1.54, 1.807) is 13.2 Å². The number of carbonyl (C=O) groups excluding carboxylic acids is 1. The van der Waals surface area contributed by atoms with Gasteiger partial charge in [-0.1, -0.05) is 13.3 Å². The molecule has 27 heavy (non-hydrogen) atoms. The molecule has 0 radical (unpaired) electrons. The van der Waals surface area contributed by atoms with E-state index in [9.17, 15) is 20.1 Å². The Morgan fingerprint density at radius 1 is 1.33 bits per heavy atom. The summed E-state index contributed by atoms with van der Waals surface area (Å²) >= 11 is 1.24. The van der Waals surface area contributed by atoms with Crippen molar-refractivity contribution in [3.05, 3.63) is 0 Å². The van der Waals surface area contributed by atoms with Crippen LogP contribution in [-0.2, 0) is 9.53 Å². The molecule has 0 aliphatic carbocycles. The van der Waals surface area contributed by atoms with E-state index in [4.69, 9.17) is 10.5 Å². The maximum Gasteiger partial charge on any atom is 0.237 e. The third-order valence-corrected chi connectivity index (χ3v) is 6.56. The van der Waals surface area contributed by atoms with Gasteiger partial charge in [-0.05, 0) is 39.0 Å². The van der Waals surface area contributed by atoms with E-state index in [1.165, 1.54) is 11.8 Å². The number of ether oxygens (including phenoxy) is 1. The number of carbonyl (C=O) groups is 1. The van der Waals surface area contributed by atoms with Crippen LogP contribution in [0.4, 0.5) is 0 Å². The number of likely N-dealkylation sites (N-methyl/N-ethyl adjacent to an activating group) is 1. The van der Waals surface area contributed by atoms with Crippen molar-refractivity contribution in [3.63, 3.8) is 0 Å². The molecular weight excluding hydrogens is 370 g/mol. The van der Waals surface area contributed by atoms with Gasteiger partial charge in [0.25, 0.3) is 0 Å². The molecule has 0 saturated carbocycles. The van der Waals surface area contributed by atoms with Crippen molar-refractivity contribution in [2.24, 2.45) is 11.7 Å². The summed E-state index contributed by atoms with van der Waals surface area (Å²) in [6.07, 6.45) is -0.0747. The normalized spacial score (nSPS) is 39.9. The SMILES string of the molecule is CCC[C@@H]1C[C@@H](C(=O)N[C@@H]([C@H]2O[C@H](SC)[C@H](O)[C@@H](O)[C@H]2O)[C@@H](C)N)N(C)C1. The molecule has 0 aromatic heterocycles. The third-order valence-electron chi connectivity index (χ3n) is 5.70. The van der Waals surface area contributed by atoms with Gasteiger partial charge in [-0.25, -0.2) is 0 Å². The molecule has 9 heteroatoms. The summed E-state index contributed by atoms with van der Waals surface area (Å²) < 4.78 is 5.80. The zero-order valence-electron chi connectivity index (χ0n) is 16.6. The molecule has 2 aliphatic rings. The Balaban J connectivity index is 2.09. The largest absolute Gasteiger partial charge is 0.388 e. The van der Waals surface area contributed by atoms with Gasteiger partial charge in [-0.3, -0.25) is 9.69 Å². The highest BCUT2D eigenvalue weighted by Crippen LogP contribution is 2.30. The number of aliphatic hydroxyl groups excluding tert-OH is 3. The van der Waals surface area contributed by atoms with Crippen molar-refractivity contribution in [1.82, 2.24) is 10.2 Å². The molecule has 0 aromatic carbocycles. The smallest absolute Gasteiger partial charge is 0.237 e. The van der Waals surface area contributed by atoms with Crippen LogP contribution in [0.3, 0.4) is 0 Å². The summed E-state index contributed by atoms with van der Waals surface area (Å²) in [4.78, 5) is 15.0. The number of nitrogens with one attached hydrogen (secondary N) is 1. The maximum absolute atomic E-state index is 12.9. The Bertz CT molecular complexity index is 496. The number of thioether (sulfide) groups is 1. The molecule has 0 unspecified atom stereocenters. The van der Waals surface area contributed by atoms with Crippen LogP contribution < -0.4 is 11.1 Å². The molecule has 9 atom stereocenters. The van der Waals surface area contributed by atoms with Gasteiger partial charge in [0, 0.05) is 12.6 Å². The summed E-state index contributed by atoms with van der Waals surface area (Å²) in [5.74, 6) is 0.356. The number of aliphatic hydroxyl groups is 3.